The lowest BCUT2D eigenvalue weighted by atomic mass is 10.2. The number of halogens is 1. The van der Waals surface area contributed by atoms with E-state index >= 15 is 0 Å². The summed E-state index contributed by atoms with van der Waals surface area (Å²) in [5.41, 5.74) is -0.0168. The summed E-state index contributed by atoms with van der Waals surface area (Å²) in [6.45, 7) is 1.69. The zero-order valence-electron chi connectivity index (χ0n) is 14.6. The van der Waals surface area contributed by atoms with Crippen molar-refractivity contribution in [2.24, 2.45) is 0 Å². The second kappa shape index (κ2) is 8.13. The van der Waals surface area contributed by atoms with Crippen LogP contribution in [0.15, 0.2) is 36.4 Å². The second-order valence-corrected chi connectivity index (χ2v) is 6.31. The molecule has 0 unspecified atom stereocenters. The topological polar surface area (TPSA) is 117 Å². The van der Waals surface area contributed by atoms with Crippen LogP contribution < -0.4 is 14.8 Å². The first kappa shape index (κ1) is 19.4. The summed E-state index contributed by atoms with van der Waals surface area (Å²) < 4.78 is 15.5. The number of nitro groups is 1. The monoisotopic (exact) mass is 406 g/mol. The maximum atomic E-state index is 12.2. The summed E-state index contributed by atoms with van der Waals surface area (Å²) in [6.07, 6.45) is -1.17. The molecule has 1 heterocycles. The van der Waals surface area contributed by atoms with Crippen LogP contribution >= 0.6 is 11.6 Å². The minimum absolute atomic E-state index is 0.137. The molecule has 1 atom stereocenters. The molecule has 0 spiro atoms. The lowest BCUT2D eigenvalue weighted by molar-refractivity contribution is -0.385. The molecule has 9 nitrogen and oxygen atoms in total. The van der Waals surface area contributed by atoms with Gasteiger partial charge in [-0.3, -0.25) is 14.9 Å². The number of nitrogens with one attached hydrogen (secondary N) is 1. The molecule has 2 aromatic rings. The van der Waals surface area contributed by atoms with Gasteiger partial charge < -0.3 is 19.5 Å². The largest absolute Gasteiger partial charge is 0.454 e. The highest BCUT2D eigenvalue weighted by Crippen LogP contribution is 2.32. The Balaban J connectivity index is 1.60. The third kappa shape index (κ3) is 4.32. The number of ether oxygens (including phenoxy) is 3. The Morgan fingerprint density at radius 1 is 1.25 bits per heavy atom. The van der Waals surface area contributed by atoms with Crippen LogP contribution in [-0.2, 0) is 16.1 Å². The maximum Gasteiger partial charge on any atom is 0.345 e. The second-order valence-electron chi connectivity index (χ2n) is 5.87. The molecule has 10 heteroatoms. The number of rotatable bonds is 6. The van der Waals surface area contributed by atoms with Gasteiger partial charge in [0.05, 0.1) is 4.92 Å². The van der Waals surface area contributed by atoms with Crippen molar-refractivity contribution in [3.63, 3.8) is 0 Å². The minimum Gasteiger partial charge on any atom is -0.454 e. The molecular formula is C18H15ClN2O7. The van der Waals surface area contributed by atoms with Crippen molar-refractivity contribution in [1.82, 2.24) is 5.32 Å². The van der Waals surface area contributed by atoms with E-state index in [9.17, 15) is 19.7 Å². The van der Waals surface area contributed by atoms with Crippen LogP contribution in [-0.4, -0.2) is 29.7 Å². The maximum absolute atomic E-state index is 12.2. The highest BCUT2D eigenvalue weighted by Gasteiger charge is 2.25. The average molecular weight is 407 g/mol. The predicted molar refractivity (Wildman–Crippen MR) is 97.4 cm³/mol. The van der Waals surface area contributed by atoms with Crippen molar-refractivity contribution in [2.75, 3.05) is 6.79 Å². The standard InChI is InChI=1S/C18H15ClN2O7/c1-10(28-18(23)13-7-12(19)3-4-14(13)21(24)25)17(22)20-8-11-2-5-15-16(6-11)27-9-26-15/h2-7,10H,8-9H2,1H3,(H,20,22)/t10-/m0/s1. The van der Waals surface area contributed by atoms with Crippen molar-refractivity contribution in [2.45, 2.75) is 19.6 Å². The molecule has 28 heavy (non-hydrogen) atoms. The van der Waals surface area contributed by atoms with Crippen molar-refractivity contribution < 1.29 is 28.7 Å². The van der Waals surface area contributed by atoms with Crippen LogP contribution in [0.1, 0.15) is 22.8 Å². The van der Waals surface area contributed by atoms with E-state index in [0.29, 0.717) is 11.5 Å². The van der Waals surface area contributed by atoms with Gasteiger partial charge in [0.15, 0.2) is 17.6 Å². The minimum atomic E-state index is -1.17. The molecule has 0 bridgehead atoms. The molecule has 0 fully saturated rings. The van der Waals surface area contributed by atoms with Crippen LogP contribution in [0.4, 0.5) is 5.69 Å². The van der Waals surface area contributed by atoms with Gasteiger partial charge in [0.2, 0.25) is 6.79 Å². The summed E-state index contributed by atoms with van der Waals surface area (Å²) in [7, 11) is 0. The molecule has 0 aliphatic carbocycles. The summed E-state index contributed by atoms with van der Waals surface area (Å²) in [5.74, 6) is -0.365. The van der Waals surface area contributed by atoms with E-state index in [1.54, 1.807) is 18.2 Å². The molecule has 146 valence electrons. The normalized spacial score (nSPS) is 12.9. The Labute approximate surface area is 164 Å². The number of fused-ring (bicyclic) bond motifs is 1. The average Bonchev–Trinajstić information content (AvgIpc) is 3.13. The molecule has 3 rings (SSSR count). The molecule has 0 saturated heterocycles. The van der Waals surface area contributed by atoms with Crippen molar-refractivity contribution >= 4 is 29.2 Å². The lowest BCUT2D eigenvalue weighted by Gasteiger charge is -2.14. The first-order chi connectivity index (χ1) is 13.3. The number of esters is 1. The van der Waals surface area contributed by atoms with Crippen LogP contribution in [0.3, 0.4) is 0 Å². The fourth-order valence-corrected chi connectivity index (χ4v) is 2.66. The van der Waals surface area contributed by atoms with Crippen LogP contribution in [0.25, 0.3) is 0 Å². The highest BCUT2D eigenvalue weighted by atomic mass is 35.5. The number of hydrogen-bond donors (Lipinski definition) is 1. The molecule has 1 aliphatic rings. The molecule has 2 aromatic carbocycles. The fourth-order valence-electron chi connectivity index (χ4n) is 2.49. The Kier molecular flexibility index (Phi) is 5.65. The number of carbonyl (C=O) groups excluding carboxylic acids is 2. The van der Waals surface area contributed by atoms with E-state index in [-0.39, 0.29) is 23.9 Å². The summed E-state index contributed by atoms with van der Waals surface area (Å²) >= 11 is 5.79. The number of amides is 1. The van der Waals surface area contributed by atoms with Crippen LogP contribution in [0.5, 0.6) is 11.5 Å². The van der Waals surface area contributed by atoms with Gasteiger partial charge in [-0.25, -0.2) is 4.79 Å². The Morgan fingerprint density at radius 3 is 2.75 bits per heavy atom. The Morgan fingerprint density at radius 2 is 2.00 bits per heavy atom. The van der Waals surface area contributed by atoms with Gasteiger partial charge in [0.1, 0.15) is 5.56 Å². The van der Waals surface area contributed by atoms with E-state index in [4.69, 9.17) is 25.8 Å². The molecule has 0 radical (unpaired) electrons. The number of benzene rings is 2. The number of hydrogen-bond acceptors (Lipinski definition) is 7. The first-order valence-electron chi connectivity index (χ1n) is 8.16. The van der Waals surface area contributed by atoms with E-state index < -0.39 is 28.6 Å². The number of nitrogens with zero attached hydrogens (tertiary/aromatic N) is 1. The highest BCUT2D eigenvalue weighted by molar-refractivity contribution is 6.31. The van der Waals surface area contributed by atoms with E-state index in [1.165, 1.54) is 13.0 Å². The lowest BCUT2D eigenvalue weighted by Crippen LogP contribution is -2.35. The van der Waals surface area contributed by atoms with Crippen LogP contribution in [0, 0.1) is 10.1 Å². The fraction of sp³-hybridized carbons (Fsp3) is 0.222. The van der Waals surface area contributed by atoms with Gasteiger partial charge in [-0.2, -0.15) is 0 Å². The number of nitro benzene ring substituents is 1. The smallest absolute Gasteiger partial charge is 0.345 e. The van der Waals surface area contributed by atoms with Crippen LogP contribution in [0.2, 0.25) is 5.02 Å². The van der Waals surface area contributed by atoms with E-state index in [1.807, 2.05) is 0 Å². The molecule has 0 saturated carbocycles. The summed E-state index contributed by atoms with van der Waals surface area (Å²) in [4.78, 5) is 34.8. The Hall–Kier alpha value is -3.33. The van der Waals surface area contributed by atoms with E-state index in [2.05, 4.69) is 5.32 Å². The third-order valence-corrected chi connectivity index (χ3v) is 4.17. The SMILES string of the molecule is C[C@H](OC(=O)c1cc(Cl)ccc1[N+](=O)[O-])C(=O)NCc1ccc2c(c1)OCO2. The van der Waals surface area contributed by atoms with Crippen molar-refractivity contribution in [3.8, 4) is 11.5 Å². The van der Waals surface area contributed by atoms with Gasteiger partial charge in [0.25, 0.3) is 11.6 Å². The summed E-state index contributed by atoms with van der Waals surface area (Å²) in [6, 6.07) is 8.74. The third-order valence-electron chi connectivity index (χ3n) is 3.93. The summed E-state index contributed by atoms with van der Waals surface area (Å²) in [5, 5.41) is 13.8. The predicted octanol–water partition coefficient (Wildman–Crippen LogP) is 2.84. The van der Waals surface area contributed by atoms with E-state index in [0.717, 1.165) is 17.7 Å². The number of carbonyl (C=O) groups is 2. The van der Waals surface area contributed by atoms with Crippen molar-refractivity contribution in [1.29, 1.82) is 0 Å². The quantitative estimate of drug-likeness (QED) is 0.445. The van der Waals surface area contributed by atoms with Crippen molar-refractivity contribution in [3.05, 3.63) is 62.7 Å². The van der Waals surface area contributed by atoms with Gasteiger partial charge in [0, 0.05) is 17.6 Å². The molecule has 0 aromatic heterocycles. The van der Waals surface area contributed by atoms with Gasteiger partial charge >= 0.3 is 5.97 Å². The van der Waals surface area contributed by atoms with Gasteiger partial charge in [-0.15, -0.1) is 0 Å². The molecule has 1 amide bonds. The molecule has 1 aliphatic heterocycles. The van der Waals surface area contributed by atoms with Gasteiger partial charge in [-0.05, 0) is 36.8 Å². The zero-order chi connectivity index (χ0) is 20.3. The first-order valence-corrected chi connectivity index (χ1v) is 8.54. The van der Waals surface area contributed by atoms with Gasteiger partial charge in [-0.1, -0.05) is 17.7 Å². The zero-order valence-corrected chi connectivity index (χ0v) is 15.4. The Bertz CT molecular complexity index is 948. The molecule has 1 N–H and O–H groups in total. The molecular weight excluding hydrogens is 392 g/mol.